The molecule has 0 spiro atoms. The maximum atomic E-state index is 13.7. The number of carbonyl (C=O) groups excluding carboxylic acids is 2. The number of amides is 2. The van der Waals surface area contributed by atoms with Gasteiger partial charge in [0.2, 0.25) is 0 Å². The number of methoxy groups -OCH3 is 1. The van der Waals surface area contributed by atoms with Gasteiger partial charge in [0, 0.05) is 0 Å². The lowest BCUT2D eigenvalue weighted by Crippen LogP contribution is -2.56. The summed E-state index contributed by atoms with van der Waals surface area (Å²) in [5.41, 5.74) is 2.17. The molecular formula is C31H22BrFN2O4S. The number of hydrogen-bond donors (Lipinski definition) is 0. The maximum absolute atomic E-state index is 13.7. The Balaban J connectivity index is 1.54. The Morgan fingerprint density at radius 1 is 0.850 bits per heavy atom. The molecule has 1 aliphatic heterocycles. The van der Waals surface area contributed by atoms with Crippen molar-refractivity contribution in [2.75, 3.05) is 16.9 Å². The third kappa shape index (κ3) is 5.52. The van der Waals surface area contributed by atoms with E-state index in [-0.39, 0.29) is 23.1 Å². The standard InChI is InChI=1S/C31H22BrFN2O4S/c1-38-27-18-21(17-26(32)28(27)39-19-20-9-8-10-22(33)15-20)16-25-29(36)34(23-11-4-2-5-12-23)31(40)35(30(25)37)24-13-6-3-7-14-24/h2-18H,19H2,1H3. The first-order valence-corrected chi connectivity index (χ1v) is 13.4. The van der Waals surface area contributed by atoms with Crippen molar-refractivity contribution >= 4 is 62.5 Å². The summed E-state index contributed by atoms with van der Waals surface area (Å²) in [7, 11) is 1.48. The average molecular weight is 617 g/mol. The van der Waals surface area contributed by atoms with Crippen molar-refractivity contribution < 1.29 is 23.5 Å². The number of thiocarbonyl (C=S) groups is 1. The van der Waals surface area contributed by atoms with E-state index in [4.69, 9.17) is 21.7 Å². The molecule has 0 atom stereocenters. The molecule has 0 saturated carbocycles. The van der Waals surface area contributed by atoms with Crippen LogP contribution in [0, 0.1) is 5.82 Å². The van der Waals surface area contributed by atoms with Gasteiger partial charge in [-0.15, -0.1) is 0 Å². The van der Waals surface area contributed by atoms with Gasteiger partial charge in [-0.2, -0.15) is 0 Å². The fourth-order valence-corrected chi connectivity index (χ4v) is 5.20. The van der Waals surface area contributed by atoms with Gasteiger partial charge in [0.1, 0.15) is 18.0 Å². The second kappa shape index (κ2) is 11.8. The predicted molar refractivity (Wildman–Crippen MR) is 160 cm³/mol. The van der Waals surface area contributed by atoms with Crippen LogP contribution in [0.25, 0.3) is 6.08 Å². The minimum atomic E-state index is -0.546. The summed E-state index contributed by atoms with van der Waals surface area (Å²) >= 11 is 9.16. The van der Waals surface area contributed by atoms with Gasteiger partial charge in [-0.25, -0.2) is 4.39 Å². The van der Waals surface area contributed by atoms with E-state index in [0.29, 0.717) is 38.5 Å². The van der Waals surface area contributed by atoms with Crippen molar-refractivity contribution in [3.8, 4) is 11.5 Å². The van der Waals surface area contributed by atoms with Crippen molar-refractivity contribution in [2.45, 2.75) is 6.61 Å². The van der Waals surface area contributed by atoms with Gasteiger partial charge in [0.25, 0.3) is 11.8 Å². The van der Waals surface area contributed by atoms with Crippen LogP contribution in [0.5, 0.6) is 11.5 Å². The molecule has 6 nitrogen and oxygen atoms in total. The molecule has 1 saturated heterocycles. The number of rotatable bonds is 7. The summed E-state index contributed by atoms with van der Waals surface area (Å²) in [4.78, 5) is 30.2. The van der Waals surface area contributed by atoms with E-state index >= 15 is 0 Å². The van der Waals surface area contributed by atoms with Crippen molar-refractivity contribution in [1.29, 1.82) is 0 Å². The summed E-state index contributed by atoms with van der Waals surface area (Å²) in [6.07, 6.45) is 1.50. The van der Waals surface area contributed by atoms with Gasteiger partial charge in [-0.3, -0.25) is 19.4 Å². The largest absolute Gasteiger partial charge is 0.493 e. The van der Waals surface area contributed by atoms with E-state index in [1.807, 2.05) is 12.1 Å². The van der Waals surface area contributed by atoms with Crippen LogP contribution < -0.4 is 19.3 Å². The predicted octanol–water partition coefficient (Wildman–Crippen LogP) is 6.92. The summed E-state index contributed by atoms with van der Waals surface area (Å²) in [5.74, 6) is -0.689. The molecular weight excluding hydrogens is 595 g/mol. The number of anilines is 2. The Labute approximate surface area is 244 Å². The quantitative estimate of drug-likeness (QED) is 0.128. The number of para-hydroxylation sites is 2. The van der Waals surface area contributed by atoms with Gasteiger partial charge >= 0.3 is 0 Å². The minimum Gasteiger partial charge on any atom is -0.493 e. The number of halogens is 2. The molecule has 4 aromatic rings. The minimum absolute atomic E-state index is 0.0596. The first kappa shape index (κ1) is 27.2. The van der Waals surface area contributed by atoms with Crippen LogP contribution in [0.1, 0.15) is 11.1 Å². The van der Waals surface area contributed by atoms with Crippen molar-refractivity contribution in [3.05, 3.63) is 124 Å². The molecule has 0 N–H and O–H groups in total. The molecule has 0 radical (unpaired) electrons. The highest BCUT2D eigenvalue weighted by molar-refractivity contribution is 9.10. The van der Waals surface area contributed by atoms with Crippen LogP contribution in [0.15, 0.2) is 107 Å². The van der Waals surface area contributed by atoms with E-state index < -0.39 is 11.8 Å². The van der Waals surface area contributed by atoms with Gasteiger partial charge in [-0.1, -0.05) is 48.5 Å². The molecule has 1 heterocycles. The number of hydrogen-bond acceptors (Lipinski definition) is 5. The number of carbonyl (C=O) groups is 2. The maximum Gasteiger partial charge on any atom is 0.270 e. The average Bonchev–Trinajstić information content (AvgIpc) is 2.96. The van der Waals surface area contributed by atoms with E-state index in [9.17, 15) is 14.0 Å². The van der Waals surface area contributed by atoms with E-state index in [2.05, 4.69) is 15.9 Å². The zero-order valence-corrected chi connectivity index (χ0v) is 23.6. The molecule has 9 heteroatoms. The van der Waals surface area contributed by atoms with Crippen molar-refractivity contribution in [2.24, 2.45) is 0 Å². The molecule has 1 fully saturated rings. The number of benzene rings is 4. The summed E-state index contributed by atoms with van der Waals surface area (Å²) in [6, 6.07) is 27.3. The van der Waals surface area contributed by atoms with Gasteiger partial charge in [-0.05, 0) is 93.9 Å². The first-order chi connectivity index (χ1) is 19.4. The lowest BCUT2D eigenvalue weighted by molar-refractivity contribution is -0.120. The lowest BCUT2D eigenvalue weighted by atomic mass is 10.0. The molecule has 0 aliphatic carbocycles. The topological polar surface area (TPSA) is 59.1 Å². The highest BCUT2D eigenvalue weighted by atomic mass is 79.9. The van der Waals surface area contributed by atoms with Gasteiger partial charge in [0.05, 0.1) is 23.0 Å². The van der Waals surface area contributed by atoms with E-state index in [1.165, 1.54) is 35.1 Å². The Morgan fingerprint density at radius 2 is 1.45 bits per heavy atom. The zero-order valence-electron chi connectivity index (χ0n) is 21.2. The molecule has 4 aromatic carbocycles. The normalized spacial score (nSPS) is 13.5. The summed E-state index contributed by atoms with van der Waals surface area (Å²) in [6.45, 7) is 0.111. The summed E-state index contributed by atoms with van der Waals surface area (Å²) in [5, 5.41) is 0.0596. The Bertz CT molecular complexity index is 1570. The zero-order chi connectivity index (χ0) is 28.2. The Morgan fingerprint density at radius 3 is 2.00 bits per heavy atom. The fraction of sp³-hybridized carbons (Fsp3) is 0.0645. The number of ether oxygens (including phenoxy) is 2. The van der Waals surface area contributed by atoms with Crippen LogP contribution in [-0.2, 0) is 16.2 Å². The fourth-order valence-electron chi connectivity index (χ4n) is 4.25. The Kier molecular flexibility index (Phi) is 8.04. The van der Waals surface area contributed by atoms with Crippen LogP contribution >= 0.6 is 28.1 Å². The highest BCUT2D eigenvalue weighted by Gasteiger charge is 2.41. The van der Waals surface area contributed by atoms with E-state index in [0.717, 1.165) is 0 Å². The lowest BCUT2D eigenvalue weighted by Gasteiger charge is -2.36. The second-order valence-corrected chi connectivity index (χ2v) is 9.97. The Hall–Kier alpha value is -4.34. The van der Waals surface area contributed by atoms with Gasteiger partial charge < -0.3 is 9.47 Å². The molecule has 40 heavy (non-hydrogen) atoms. The molecule has 5 rings (SSSR count). The molecule has 200 valence electrons. The molecule has 2 amide bonds. The van der Waals surface area contributed by atoms with Gasteiger partial charge in [0.15, 0.2) is 16.6 Å². The van der Waals surface area contributed by atoms with Crippen LogP contribution in [0.3, 0.4) is 0 Å². The summed E-state index contributed by atoms with van der Waals surface area (Å²) < 4.78 is 25.6. The third-order valence-corrected chi connectivity index (χ3v) is 7.07. The highest BCUT2D eigenvalue weighted by Crippen LogP contribution is 2.38. The number of nitrogens with zero attached hydrogens (tertiary/aromatic N) is 2. The molecule has 1 aliphatic rings. The molecule has 0 aromatic heterocycles. The smallest absolute Gasteiger partial charge is 0.270 e. The SMILES string of the molecule is COc1cc(C=C2C(=O)N(c3ccccc3)C(=S)N(c3ccccc3)C2=O)cc(Br)c1OCc1cccc(F)c1. The third-order valence-electron chi connectivity index (χ3n) is 6.11. The molecule has 0 bridgehead atoms. The first-order valence-electron chi connectivity index (χ1n) is 12.2. The second-order valence-electron chi connectivity index (χ2n) is 8.75. The van der Waals surface area contributed by atoms with E-state index in [1.54, 1.807) is 72.8 Å². The van der Waals surface area contributed by atoms with Crippen molar-refractivity contribution in [1.82, 2.24) is 0 Å². The van der Waals surface area contributed by atoms with Crippen LogP contribution in [0.4, 0.5) is 15.8 Å². The van der Waals surface area contributed by atoms with Crippen LogP contribution in [0.2, 0.25) is 0 Å². The molecule has 0 unspecified atom stereocenters. The monoisotopic (exact) mass is 616 g/mol. The van der Waals surface area contributed by atoms with Crippen molar-refractivity contribution in [3.63, 3.8) is 0 Å². The van der Waals surface area contributed by atoms with Crippen LogP contribution in [-0.4, -0.2) is 24.0 Å².